The molecule has 0 bridgehead atoms. The second kappa shape index (κ2) is 4.81. The van der Waals surface area contributed by atoms with Gasteiger partial charge in [0.15, 0.2) is 0 Å². The summed E-state index contributed by atoms with van der Waals surface area (Å²) in [4.78, 5) is 0. The standard InChI is InChI=1S/Mo.Ni.H2O.4O/h;;1H2;;;;/q;+2;;;;2*-1. The molecule has 0 saturated carbocycles. The van der Waals surface area contributed by atoms with Crippen molar-refractivity contribution in [3.8, 4) is 0 Å². The third-order valence-electron chi connectivity index (χ3n) is 0. The Balaban J connectivity index is -0.0000000800. The first-order valence-corrected chi connectivity index (χ1v) is 3.94. The molecule has 0 aromatic heterocycles. The molecule has 0 heterocycles. The van der Waals surface area contributed by atoms with Crippen molar-refractivity contribution in [3.63, 3.8) is 0 Å². The molecule has 0 radical (unpaired) electrons. The molecule has 0 rings (SSSR count). The molecule has 0 aromatic rings. The van der Waals surface area contributed by atoms with E-state index in [0.717, 1.165) is 0 Å². The summed E-state index contributed by atoms with van der Waals surface area (Å²) < 4.78 is 34.5. The molecule has 7 heavy (non-hydrogen) atoms. The number of hydrogen-bond acceptors (Lipinski definition) is 4. The summed E-state index contributed by atoms with van der Waals surface area (Å²) in [5, 5.41) is 0. The fourth-order valence-electron chi connectivity index (χ4n) is 0. The van der Waals surface area contributed by atoms with Gasteiger partial charge in [0, 0.05) is 0 Å². The van der Waals surface area contributed by atoms with Gasteiger partial charge >= 0.3 is 47.6 Å². The summed E-state index contributed by atoms with van der Waals surface area (Å²) in [6.07, 6.45) is 0. The molecule has 0 spiro atoms. The van der Waals surface area contributed by atoms with Crippen LogP contribution in [-0.4, -0.2) is 5.48 Å². The molecule has 0 aromatic carbocycles. The fourth-order valence-corrected chi connectivity index (χ4v) is 0. The summed E-state index contributed by atoms with van der Waals surface area (Å²) in [5.74, 6) is 0. The van der Waals surface area contributed by atoms with Crippen LogP contribution in [0.2, 0.25) is 0 Å². The maximum atomic E-state index is 8.63. The van der Waals surface area contributed by atoms with Crippen molar-refractivity contribution in [1.82, 2.24) is 0 Å². The topological polar surface area (TPSA) is 112 Å². The zero-order valence-electron chi connectivity index (χ0n) is 2.86. The van der Waals surface area contributed by atoms with E-state index < -0.39 is 16.7 Å². The summed E-state index contributed by atoms with van der Waals surface area (Å²) in [5.41, 5.74) is 0. The second-order valence-corrected chi connectivity index (χ2v) is 2.42. The van der Waals surface area contributed by atoms with E-state index in [-0.39, 0.29) is 22.0 Å². The molecule has 5 nitrogen and oxygen atoms in total. The molecule has 48 valence electrons. The van der Waals surface area contributed by atoms with E-state index in [2.05, 4.69) is 0 Å². The Morgan fingerprint density at radius 3 is 1.14 bits per heavy atom. The van der Waals surface area contributed by atoms with Crippen LogP contribution in [0.5, 0.6) is 0 Å². The molecule has 0 aliphatic carbocycles. The summed E-state index contributed by atoms with van der Waals surface area (Å²) in [6.45, 7) is 0. The van der Waals surface area contributed by atoms with Crippen molar-refractivity contribution in [3.05, 3.63) is 0 Å². The quantitative estimate of drug-likeness (QED) is 0.407. The Morgan fingerprint density at radius 1 is 1.14 bits per heavy atom. The Morgan fingerprint density at radius 2 is 1.14 bits per heavy atom. The zero-order chi connectivity index (χ0) is 4.50. The predicted octanol–water partition coefficient (Wildman–Crippen LogP) is -3.45. The van der Waals surface area contributed by atoms with Gasteiger partial charge in [-0.05, 0) is 0 Å². The minimum atomic E-state index is -6.02. The Bertz CT molecular complexity index is 91.2. The zero-order valence-corrected chi connectivity index (χ0v) is 5.85. The van der Waals surface area contributed by atoms with Gasteiger partial charge in [0.05, 0.1) is 0 Å². The van der Waals surface area contributed by atoms with E-state index in [1.54, 1.807) is 0 Å². The van der Waals surface area contributed by atoms with Crippen LogP contribution < -0.4 is 7.52 Å². The Labute approximate surface area is 53.3 Å². The molecule has 0 aliphatic heterocycles. The normalized spacial score (nSPS) is 8.29. The second-order valence-electron chi connectivity index (χ2n) is 0.408. The molecule has 0 atom stereocenters. The van der Waals surface area contributed by atoms with Gasteiger partial charge in [-0.2, -0.15) is 0 Å². The van der Waals surface area contributed by atoms with Crippen LogP contribution >= 0.6 is 0 Å². The molecule has 0 fully saturated rings. The third kappa shape index (κ3) is 331. The van der Waals surface area contributed by atoms with Gasteiger partial charge < -0.3 is 5.48 Å². The number of rotatable bonds is 0. The molecular weight excluding hydrogens is 235 g/mol. The maximum absolute atomic E-state index is 8.63. The summed E-state index contributed by atoms with van der Waals surface area (Å²) >= 11 is -6.02. The third-order valence-corrected chi connectivity index (χ3v) is 0. The van der Waals surface area contributed by atoms with Crippen molar-refractivity contribution in [1.29, 1.82) is 0 Å². The molecule has 0 aliphatic rings. The van der Waals surface area contributed by atoms with Gasteiger partial charge in [-0.3, -0.25) is 0 Å². The predicted molar refractivity (Wildman–Crippen MR) is 4.99 cm³/mol. The van der Waals surface area contributed by atoms with Crippen molar-refractivity contribution < 1.29 is 53.0 Å². The molecule has 2 N–H and O–H groups in total. The van der Waals surface area contributed by atoms with Crippen LogP contribution in [0, 0.1) is 0 Å². The van der Waals surface area contributed by atoms with Crippen molar-refractivity contribution in [2.45, 2.75) is 0 Å². The minimum absolute atomic E-state index is 0. The Kier molecular flexibility index (Phi) is 10.8. The monoisotopic (exact) mass is 238 g/mol. The molecule has 0 amide bonds. The van der Waals surface area contributed by atoms with Crippen LogP contribution in [0.4, 0.5) is 0 Å². The fraction of sp³-hybridized carbons (Fsp3) is 0. The first-order valence-electron chi connectivity index (χ1n) is 0.667. The first-order chi connectivity index (χ1) is 2.00. The first kappa shape index (κ1) is 15.6. The van der Waals surface area contributed by atoms with Gasteiger partial charge in [-0.1, -0.05) is 0 Å². The van der Waals surface area contributed by atoms with Crippen LogP contribution in [0.1, 0.15) is 0 Å². The van der Waals surface area contributed by atoms with E-state index in [4.69, 9.17) is 14.3 Å². The van der Waals surface area contributed by atoms with Gasteiger partial charge in [0.25, 0.3) is 0 Å². The van der Waals surface area contributed by atoms with E-state index >= 15 is 0 Å². The van der Waals surface area contributed by atoms with Crippen LogP contribution in [0.15, 0.2) is 0 Å². The van der Waals surface area contributed by atoms with Gasteiger partial charge in [0.1, 0.15) is 0 Å². The summed E-state index contributed by atoms with van der Waals surface area (Å²) in [6, 6.07) is 0. The summed E-state index contributed by atoms with van der Waals surface area (Å²) in [7, 11) is 0. The van der Waals surface area contributed by atoms with Crippen LogP contribution in [0.25, 0.3) is 0 Å². The average Bonchev–Trinajstić information content (AvgIpc) is 0.722. The molecule has 0 saturated heterocycles. The van der Waals surface area contributed by atoms with E-state index in [1.165, 1.54) is 0 Å². The van der Waals surface area contributed by atoms with Gasteiger partial charge in [-0.15, -0.1) is 0 Å². The van der Waals surface area contributed by atoms with Gasteiger partial charge in [-0.25, -0.2) is 0 Å². The SMILES string of the molecule is O.[Ni+2].[O]=[Mo](=[O])([O-])[O-]. The van der Waals surface area contributed by atoms with Crippen molar-refractivity contribution >= 4 is 0 Å². The molecule has 7 heteroatoms. The van der Waals surface area contributed by atoms with Crippen LogP contribution in [-0.2, 0) is 40.0 Å². The number of hydrogen-bond donors (Lipinski definition) is 0. The van der Waals surface area contributed by atoms with E-state index in [1.807, 2.05) is 0 Å². The van der Waals surface area contributed by atoms with E-state index in [9.17, 15) is 0 Å². The average molecular weight is 237 g/mol. The van der Waals surface area contributed by atoms with Crippen molar-refractivity contribution in [2.24, 2.45) is 0 Å². The van der Waals surface area contributed by atoms with Crippen LogP contribution in [0.3, 0.4) is 0 Å². The molecule has 0 unspecified atom stereocenters. The molecular formula is H2MoNiO5. The van der Waals surface area contributed by atoms with Gasteiger partial charge in [0.2, 0.25) is 0 Å². The Hall–Kier alpha value is 0.662. The van der Waals surface area contributed by atoms with E-state index in [0.29, 0.717) is 0 Å². The van der Waals surface area contributed by atoms with Crippen molar-refractivity contribution in [2.75, 3.05) is 0 Å².